The second-order valence-electron chi connectivity index (χ2n) is 5.26. The van der Waals surface area contributed by atoms with Crippen molar-refractivity contribution in [2.24, 2.45) is 0 Å². The summed E-state index contributed by atoms with van der Waals surface area (Å²) in [5, 5.41) is 8.75. The van der Waals surface area contributed by atoms with Gasteiger partial charge in [0.25, 0.3) is 11.8 Å². The number of nitrogens with zero attached hydrogens (tertiary/aromatic N) is 2. The lowest BCUT2D eigenvalue weighted by Crippen LogP contribution is -2.44. The maximum atomic E-state index is 12.4. The minimum Gasteiger partial charge on any atom is -0.425 e. The zero-order chi connectivity index (χ0) is 17.3. The first-order valence-electron chi connectivity index (χ1n) is 7.21. The Hall–Kier alpha value is -3.46. The van der Waals surface area contributed by atoms with E-state index in [0.29, 0.717) is 5.56 Å². The van der Waals surface area contributed by atoms with Crippen molar-refractivity contribution < 1.29 is 19.1 Å². The lowest BCUT2D eigenvalue weighted by molar-refractivity contribution is -0.138. The third-order valence-electron chi connectivity index (χ3n) is 3.76. The Morgan fingerprint density at radius 3 is 2.08 bits per heavy atom. The average molecular weight is 320 g/mol. The fourth-order valence-corrected chi connectivity index (χ4v) is 2.46. The molecule has 0 fully saturated rings. The van der Waals surface area contributed by atoms with E-state index in [2.05, 4.69) is 0 Å². The molecule has 118 valence electrons. The maximum Gasteiger partial charge on any atom is 0.334 e. The smallest absolute Gasteiger partial charge is 0.334 e. The fourth-order valence-electron chi connectivity index (χ4n) is 2.46. The molecule has 0 spiro atoms. The largest absolute Gasteiger partial charge is 0.425 e. The molecule has 1 aliphatic rings. The Morgan fingerprint density at radius 2 is 1.58 bits per heavy atom. The van der Waals surface area contributed by atoms with Crippen LogP contribution in [0, 0.1) is 11.3 Å². The summed E-state index contributed by atoms with van der Waals surface area (Å²) in [6.45, 7) is 1.44. The predicted octanol–water partition coefficient (Wildman–Crippen LogP) is 2.15. The van der Waals surface area contributed by atoms with Crippen molar-refractivity contribution in [1.82, 2.24) is 4.90 Å². The van der Waals surface area contributed by atoms with E-state index >= 15 is 0 Å². The van der Waals surface area contributed by atoms with Crippen LogP contribution >= 0.6 is 0 Å². The molecule has 1 heterocycles. The van der Waals surface area contributed by atoms with E-state index in [1.54, 1.807) is 24.3 Å². The van der Waals surface area contributed by atoms with Crippen molar-refractivity contribution in [1.29, 1.82) is 5.26 Å². The molecule has 0 saturated heterocycles. The van der Waals surface area contributed by atoms with Gasteiger partial charge in [0.1, 0.15) is 11.8 Å². The first-order valence-corrected chi connectivity index (χ1v) is 7.21. The number of carbonyl (C=O) groups is 3. The van der Waals surface area contributed by atoms with Gasteiger partial charge in [-0.15, -0.1) is 0 Å². The summed E-state index contributed by atoms with van der Waals surface area (Å²) in [4.78, 5) is 37.9. The van der Waals surface area contributed by atoms with Crippen LogP contribution in [0.4, 0.5) is 0 Å². The van der Waals surface area contributed by atoms with Crippen LogP contribution in [0.1, 0.15) is 33.2 Å². The molecule has 0 aromatic heterocycles. The maximum absolute atomic E-state index is 12.4. The number of ether oxygens (including phenoxy) is 1. The molecule has 0 radical (unpaired) electrons. The van der Waals surface area contributed by atoms with Crippen LogP contribution < -0.4 is 4.74 Å². The second kappa shape index (κ2) is 5.97. The van der Waals surface area contributed by atoms with Crippen molar-refractivity contribution >= 4 is 17.8 Å². The number of nitriles is 1. The Morgan fingerprint density at radius 1 is 1.04 bits per heavy atom. The average Bonchev–Trinajstić information content (AvgIpc) is 2.86. The van der Waals surface area contributed by atoms with Gasteiger partial charge in [0, 0.05) is 0 Å². The SMILES string of the molecule is CC(C(=O)Oc1ccc(C#N)cc1)N1C(=O)c2ccccc2C1=O. The third kappa shape index (κ3) is 2.52. The normalized spacial score (nSPS) is 14.1. The number of rotatable bonds is 3. The quantitative estimate of drug-likeness (QED) is 0.491. The van der Waals surface area contributed by atoms with Crippen LogP contribution in [0.5, 0.6) is 5.75 Å². The topological polar surface area (TPSA) is 87.5 Å². The summed E-state index contributed by atoms with van der Waals surface area (Å²) >= 11 is 0. The van der Waals surface area contributed by atoms with Crippen LogP contribution in [-0.4, -0.2) is 28.7 Å². The molecular formula is C18H12N2O4. The summed E-state index contributed by atoms with van der Waals surface area (Å²) in [7, 11) is 0. The molecule has 2 amide bonds. The molecule has 0 saturated carbocycles. The molecule has 3 rings (SSSR count). The van der Waals surface area contributed by atoms with Crippen molar-refractivity contribution in [2.45, 2.75) is 13.0 Å². The summed E-state index contributed by atoms with van der Waals surface area (Å²) in [6.07, 6.45) is 0. The molecule has 0 bridgehead atoms. The van der Waals surface area contributed by atoms with Gasteiger partial charge < -0.3 is 4.74 Å². The Kier molecular flexibility index (Phi) is 3.84. The monoisotopic (exact) mass is 320 g/mol. The number of hydrogen-bond acceptors (Lipinski definition) is 5. The predicted molar refractivity (Wildman–Crippen MR) is 83.2 cm³/mol. The van der Waals surface area contributed by atoms with E-state index in [4.69, 9.17) is 10.00 Å². The summed E-state index contributed by atoms with van der Waals surface area (Å²) in [6, 6.07) is 13.3. The zero-order valence-corrected chi connectivity index (χ0v) is 12.7. The van der Waals surface area contributed by atoms with E-state index < -0.39 is 23.8 Å². The lowest BCUT2D eigenvalue weighted by Gasteiger charge is -2.20. The van der Waals surface area contributed by atoms with Gasteiger partial charge in [-0.2, -0.15) is 5.26 Å². The van der Waals surface area contributed by atoms with Gasteiger partial charge in [-0.25, -0.2) is 4.79 Å². The van der Waals surface area contributed by atoms with Crippen LogP contribution in [0.2, 0.25) is 0 Å². The molecule has 2 aromatic rings. The highest BCUT2D eigenvalue weighted by Gasteiger charge is 2.41. The van der Waals surface area contributed by atoms with E-state index in [1.165, 1.54) is 31.2 Å². The highest BCUT2D eigenvalue weighted by Crippen LogP contribution is 2.25. The number of imide groups is 1. The van der Waals surface area contributed by atoms with Gasteiger partial charge in [0.2, 0.25) is 0 Å². The van der Waals surface area contributed by atoms with Crippen LogP contribution in [0.25, 0.3) is 0 Å². The van der Waals surface area contributed by atoms with E-state index in [9.17, 15) is 14.4 Å². The first-order chi connectivity index (χ1) is 11.5. The molecule has 0 aliphatic carbocycles. The van der Waals surface area contributed by atoms with E-state index in [1.807, 2.05) is 6.07 Å². The van der Waals surface area contributed by atoms with Crippen molar-refractivity contribution in [2.75, 3.05) is 0 Å². The van der Waals surface area contributed by atoms with Crippen molar-refractivity contribution in [3.63, 3.8) is 0 Å². The number of hydrogen-bond donors (Lipinski definition) is 0. The first kappa shape index (κ1) is 15.4. The van der Waals surface area contributed by atoms with Gasteiger partial charge in [-0.05, 0) is 43.3 Å². The molecule has 6 heteroatoms. The van der Waals surface area contributed by atoms with E-state index in [-0.39, 0.29) is 16.9 Å². The van der Waals surface area contributed by atoms with Gasteiger partial charge in [-0.3, -0.25) is 14.5 Å². The Balaban J connectivity index is 1.78. The molecular weight excluding hydrogens is 308 g/mol. The molecule has 1 aliphatic heterocycles. The Labute approximate surface area is 137 Å². The van der Waals surface area contributed by atoms with Crippen LogP contribution in [0.3, 0.4) is 0 Å². The number of amides is 2. The second-order valence-corrected chi connectivity index (χ2v) is 5.26. The molecule has 6 nitrogen and oxygen atoms in total. The van der Waals surface area contributed by atoms with Crippen LogP contribution in [-0.2, 0) is 4.79 Å². The van der Waals surface area contributed by atoms with Crippen molar-refractivity contribution in [3.8, 4) is 11.8 Å². The Bertz CT molecular complexity index is 846. The minimum absolute atomic E-state index is 0.238. The fraction of sp³-hybridized carbons (Fsp3) is 0.111. The third-order valence-corrected chi connectivity index (χ3v) is 3.76. The lowest BCUT2D eigenvalue weighted by atomic mass is 10.1. The van der Waals surface area contributed by atoms with Crippen LogP contribution in [0.15, 0.2) is 48.5 Å². The summed E-state index contributed by atoms with van der Waals surface area (Å²) < 4.78 is 5.19. The van der Waals surface area contributed by atoms with Gasteiger partial charge in [-0.1, -0.05) is 12.1 Å². The highest BCUT2D eigenvalue weighted by molar-refractivity contribution is 6.22. The van der Waals surface area contributed by atoms with Crippen molar-refractivity contribution in [3.05, 3.63) is 65.2 Å². The van der Waals surface area contributed by atoms with Gasteiger partial charge >= 0.3 is 5.97 Å². The zero-order valence-electron chi connectivity index (χ0n) is 12.7. The van der Waals surface area contributed by atoms with Gasteiger partial charge in [0.05, 0.1) is 22.8 Å². The number of carbonyl (C=O) groups excluding carboxylic acids is 3. The molecule has 24 heavy (non-hydrogen) atoms. The minimum atomic E-state index is -1.06. The standard InChI is InChI=1S/C18H12N2O4/c1-11(18(23)24-13-8-6-12(10-19)7-9-13)20-16(21)14-4-2-3-5-15(14)17(20)22/h2-9,11H,1H3. The number of fused-ring (bicyclic) bond motifs is 1. The molecule has 1 unspecified atom stereocenters. The molecule has 2 aromatic carbocycles. The van der Waals surface area contributed by atoms with E-state index in [0.717, 1.165) is 4.90 Å². The molecule has 1 atom stereocenters. The highest BCUT2D eigenvalue weighted by atomic mass is 16.5. The van der Waals surface area contributed by atoms with Gasteiger partial charge in [0.15, 0.2) is 0 Å². The summed E-state index contributed by atoms with van der Waals surface area (Å²) in [5.74, 6) is -1.52. The number of benzene rings is 2. The molecule has 0 N–H and O–H groups in total. The number of esters is 1. The summed E-state index contributed by atoms with van der Waals surface area (Å²) in [5.41, 5.74) is 0.990.